The smallest absolute Gasteiger partial charge is 0.121 e. The Kier molecular flexibility index (Phi) is 15.6. The summed E-state index contributed by atoms with van der Waals surface area (Å²) in [5, 5.41) is 10.1. The zero-order valence-electron chi connectivity index (χ0n) is 18.4. The minimum absolute atomic E-state index is 0. The summed E-state index contributed by atoms with van der Waals surface area (Å²) in [6, 6.07) is 4.33. The second-order valence-corrected chi connectivity index (χ2v) is 7.95. The molecule has 1 N–H and O–H groups in total. The Balaban J connectivity index is 0.00000676. The van der Waals surface area contributed by atoms with E-state index in [9.17, 15) is 5.11 Å². The van der Waals surface area contributed by atoms with Crippen LogP contribution in [0.3, 0.4) is 0 Å². The van der Waals surface area contributed by atoms with Crippen molar-refractivity contribution in [2.45, 2.75) is 105 Å². The first-order chi connectivity index (χ1) is 12.6. The number of benzene rings is 1. The molecule has 0 atom stereocenters. The van der Waals surface area contributed by atoms with Gasteiger partial charge in [-0.25, -0.2) is 0 Å². The molecule has 0 saturated carbocycles. The van der Waals surface area contributed by atoms with Crippen LogP contribution in [-0.2, 0) is 0 Å². The third kappa shape index (κ3) is 10.9. The van der Waals surface area contributed by atoms with Gasteiger partial charge < -0.3 is 10.0 Å². The van der Waals surface area contributed by atoms with Crippen LogP contribution in [0.1, 0.15) is 102 Å². The topological polar surface area (TPSA) is 23.5 Å². The summed E-state index contributed by atoms with van der Waals surface area (Å²) in [6.45, 7) is 10.9. The van der Waals surface area contributed by atoms with Gasteiger partial charge in [0.05, 0.1) is 0 Å². The van der Waals surface area contributed by atoms with Crippen LogP contribution in [0.25, 0.3) is 0 Å². The van der Waals surface area contributed by atoms with Crippen LogP contribution in [0.2, 0.25) is 0 Å². The van der Waals surface area contributed by atoms with Gasteiger partial charge in [0.25, 0.3) is 0 Å². The maximum absolute atomic E-state index is 10.1. The van der Waals surface area contributed by atoms with Crippen LogP contribution in [0.4, 0.5) is 5.69 Å². The largest absolute Gasteiger partial charge is 0.507 e. The lowest BCUT2D eigenvalue weighted by Crippen LogP contribution is -2.26. The van der Waals surface area contributed by atoms with Crippen molar-refractivity contribution < 1.29 is 5.11 Å². The number of phenols is 1. The Morgan fingerprint density at radius 3 is 1.44 bits per heavy atom. The number of anilines is 1. The van der Waals surface area contributed by atoms with Crippen LogP contribution in [0.15, 0.2) is 12.1 Å². The second kappa shape index (κ2) is 16.1. The molecule has 0 unspecified atom stereocenters. The summed E-state index contributed by atoms with van der Waals surface area (Å²) >= 11 is 0. The van der Waals surface area contributed by atoms with Gasteiger partial charge in [0.15, 0.2) is 0 Å². The normalized spacial score (nSPS) is 10.7. The van der Waals surface area contributed by atoms with E-state index < -0.39 is 0 Å². The highest BCUT2D eigenvalue weighted by Crippen LogP contribution is 2.28. The van der Waals surface area contributed by atoms with Crippen LogP contribution in [0.5, 0.6) is 5.75 Å². The molecule has 0 spiro atoms. The summed E-state index contributed by atoms with van der Waals surface area (Å²) in [5.41, 5.74) is 3.28. The quantitative estimate of drug-likeness (QED) is 0.303. The third-order valence-corrected chi connectivity index (χ3v) is 5.40. The van der Waals surface area contributed by atoms with Gasteiger partial charge in [0.2, 0.25) is 0 Å². The van der Waals surface area contributed by atoms with Crippen molar-refractivity contribution >= 4 is 18.1 Å². The van der Waals surface area contributed by atoms with Crippen molar-refractivity contribution in [3.05, 3.63) is 23.3 Å². The van der Waals surface area contributed by atoms with Crippen molar-refractivity contribution in [3.8, 4) is 5.75 Å². The Labute approximate surface area is 175 Å². The van der Waals surface area contributed by atoms with Crippen LogP contribution in [-0.4, -0.2) is 18.2 Å². The number of hydrogen-bond acceptors (Lipinski definition) is 2. The summed E-state index contributed by atoms with van der Waals surface area (Å²) < 4.78 is 0. The van der Waals surface area contributed by atoms with Gasteiger partial charge in [-0.05, 0) is 49.9 Å². The zero-order chi connectivity index (χ0) is 19.2. The number of hydrogen-bond donors (Lipinski definition) is 1. The van der Waals surface area contributed by atoms with Crippen LogP contribution in [0, 0.1) is 13.8 Å². The van der Waals surface area contributed by atoms with E-state index in [-0.39, 0.29) is 12.4 Å². The first-order valence-electron chi connectivity index (χ1n) is 11.1. The molecule has 0 aliphatic rings. The molecule has 27 heavy (non-hydrogen) atoms. The molecule has 1 aromatic carbocycles. The molecule has 0 saturated heterocycles. The first-order valence-corrected chi connectivity index (χ1v) is 11.1. The highest BCUT2D eigenvalue weighted by Gasteiger charge is 2.10. The summed E-state index contributed by atoms with van der Waals surface area (Å²) in [5.74, 6) is 0.452. The van der Waals surface area contributed by atoms with Gasteiger partial charge in [0.1, 0.15) is 5.75 Å². The second-order valence-electron chi connectivity index (χ2n) is 7.95. The molecule has 0 amide bonds. The fourth-order valence-corrected chi connectivity index (χ4v) is 3.65. The minimum Gasteiger partial charge on any atom is -0.507 e. The number of nitrogens with zero attached hydrogens (tertiary/aromatic N) is 1. The summed E-state index contributed by atoms with van der Waals surface area (Å²) in [4.78, 5) is 2.55. The van der Waals surface area contributed by atoms with E-state index in [1.54, 1.807) is 0 Å². The highest BCUT2D eigenvalue weighted by molar-refractivity contribution is 5.85. The van der Waals surface area contributed by atoms with E-state index >= 15 is 0 Å². The van der Waals surface area contributed by atoms with Crippen molar-refractivity contribution in [1.29, 1.82) is 0 Å². The maximum Gasteiger partial charge on any atom is 0.121 e. The lowest BCUT2D eigenvalue weighted by atomic mass is 10.1. The molecule has 0 heterocycles. The highest BCUT2D eigenvalue weighted by atomic mass is 35.5. The van der Waals surface area contributed by atoms with Crippen molar-refractivity contribution in [2.75, 3.05) is 18.0 Å². The molecular weight excluding hydrogens is 354 g/mol. The van der Waals surface area contributed by atoms with Gasteiger partial charge >= 0.3 is 0 Å². The van der Waals surface area contributed by atoms with E-state index in [4.69, 9.17) is 0 Å². The Hall–Kier alpha value is -0.890. The van der Waals surface area contributed by atoms with E-state index in [0.29, 0.717) is 5.75 Å². The molecule has 2 nitrogen and oxygen atoms in total. The molecule has 0 aromatic heterocycles. The van der Waals surface area contributed by atoms with Gasteiger partial charge in [-0.1, -0.05) is 78.1 Å². The molecule has 0 bridgehead atoms. The van der Waals surface area contributed by atoms with E-state index in [1.807, 2.05) is 13.8 Å². The SMILES string of the molecule is CCCCCCCCN(CCCCCCCC)c1cc(C)c(O)c(C)c1.Cl. The average molecular weight is 398 g/mol. The Morgan fingerprint density at radius 1 is 0.667 bits per heavy atom. The molecule has 0 radical (unpaired) electrons. The van der Waals surface area contributed by atoms with E-state index in [0.717, 1.165) is 24.2 Å². The van der Waals surface area contributed by atoms with E-state index in [1.165, 1.54) is 82.7 Å². The van der Waals surface area contributed by atoms with Gasteiger partial charge in [-0.3, -0.25) is 0 Å². The minimum atomic E-state index is 0. The Morgan fingerprint density at radius 2 is 1.04 bits per heavy atom. The fraction of sp³-hybridized carbons (Fsp3) is 0.750. The van der Waals surface area contributed by atoms with Gasteiger partial charge in [-0.2, -0.15) is 0 Å². The van der Waals surface area contributed by atoms with Crippen LogP contribution >= 0.6 is 12.4 Å². The molecule has 0 aliphatic heterocycles. The fourth-order valence-electron chi connectivity index (χ4n) is 3.65. The number of rotatable bonds is 15. The predicted octanol–water partition coefficient (Wildman–Crippen LogP) is 7.96. The lowest BCUT2D eigenvalue weighted by molar-refractivity contribution is 0.467. The zero-order valence-corrected chi connectivity index (χ0v) is 19.2. The molecule has 3 heteroatoms. The summed E-state index contributed by atoms with van der Waals surface area (Å²) in [6.07, 6.45) is 16.1. The monoisotopic (exact) mass is 397 g/mol. The standard InChI is InChI=1S/C24H43NO.ClH/c1-5-7-9-11-13-15-17-25(18-16-14-12-10-8-6-2)23-19-21(3)24(26)22(4)20-23;/h19-20,26H,5-18H2,1-4H3;1H. The molecule has 0 aliphatic carbocycles. The lowest BCUT2D eigenvalue weighted by Gasteiger charge is -2.26. The van der Waals surface area contributed by atoms with E-state index in [2.05, 4.69) is 30.9 Å². The molecular formula is C24H44ClNO. The number of aryl methyl sites for hydroxylation is 2. The number of unbranched alkanes of at least 4 members (excludes halogenated alkanes) is 10. The average Bonchev–Trinajstić information content (AvgIpc) is 2.63. The first kappa shape index (κ1) is 26.1. The number of halogens is 1. The maximum atomic E-state index is 10.1. The van der Waals surface area contributed by atoms with Crippen molar-refractivity contribution in [3.63, 3.8) is 0 Å². The molecule has 1 rings (SSSR count). The van der Waals surface area contributed by atoms with Crippen molar-refractivity contribution in [1.82, 2.24) is 0 Å². The number of phenolic OH excluding ortho intramolecular Hbond substituents is 1. The molecule has 0 fully saturated rings. The third-order valence-electron chi connectivity index (χ3n) is 5.40. The van der Waals surface area contributed by atoms with Gasteiger partial charge in [-0.15, -0.1) is 12.4 Å². The predicted molar refractivity (Wildman–Crippen MR) is 124 cm³/mol. The van der Waals surface area contributed by atoms with Gasteiger partial charge in [0, 0.05) is 18.8 Å². The number of aromatic hydroxyl groups is 1. The Bertz CT molecular complexity index is 450. The summed E-state index contributed by atoms with van der Waals surface area (Å²) in [7, 11) is 0. The molecule has 1 aromatic rings. The van der Waals surface area contributed by atoms with Crippen LogP contribution < -0.4 is 4.90 Å². The molecule has 158 valence electrons. The van der Waals surface area contributed by atoms with Crippen molar-refractivity contribution in [2.24, 2.45) is 0 Å².